The Morgan fingerprint density at radius 1 is 1.67 bits per heavy atom. The number of rotatable bonds is 1. The largest absolute Gasteiger partial charge is 0.549 e. The summed E-state index contributed by atoms with van der Waals surface area (Å²) in [5.41, 5.74) is 0.653. The van der Waals surface area contributed by atoms with Crippen molar-refractivity contribution < 1.29 is 9.90 Å². The van der Waals surface area contributed by atoms with Crippen LogP contribution in [0.25, 0.3) is 0 Å². The van der Waals surface area contributed by atoms with Crippen LogP contribution >= 0.6 is 0 Å². The fourth-order valence-corrected chi connectivity index (χ4v) is 2.10. The summed E-state index contributed by atoms with van der Waals surface area (Å²) in [5.74, 6) is -1.42. The minimum absolute atomic E-state index is 0.172. The van der Waals surface area contributed by atoms with E-state index in [2.05, 4.69) is 6.58 Å². The molecule has 68 valence electrons. The molecular weight excluding hydrogens is 152 g/mol. The van der Waals surface area contributed by atoms with Crippen LogP contribution in [0.5, 0.6) is 0 Å². The highest BCUT2D eigenvalue weighted by Crippen LogP contribution is 2.42. The number of carbonyl (C=O) groups is 1. The van der Waals surface area contributed by atoms with Crippen LogP contribution < -0.4 is 5.11 Å². The van der Waals surface area contributed by atoms with Crippen LogP contribution in [-0.2, 0) is 4.79 Å². The summed E-state index contributed by atoms with van der Waals surface area (Å²) in [7, 11) is 0. The Kier molecular flexibility index (Phi) is 2.27. The zero-order valence-corrected chi connectivity index (χ0v) is 7.72. The summed E-state index contributed by atoms with van der Waals surface area (Å²) in [6.45, 7) is 7.73. The number of carboxylic acids is 1. The first-order chi connectivity index (χ1) is 5.45. The molecular formula is C10H15O2-. The molecule has 0 bridgehead atoms. The van der Waals surface area contributed by atoms with E-state index in [9.17, 15) is 9.90 Å². The minimum Gasteiger partial charge on any atom is -0.549 e. The van der Waals surface area contributed by atoms with Crippen molar-refractivity contribution in [1.29, 1.82) is 0 Å². The van der Waals surface area contributed by atoms with Crippen LogP contribution in [0.2, 0.25) is 0 Å². The van der Waals surface area contributed by atoms with Gasteiger partial charge in [-0.15, -0.1) is 0 Å². The van der Waals surface area contributed by atoms with Gasteiger partial charge in [0.1, 0.15) is 0 Å². The van der Waals surface area contributed by atoms with Gasteiger partial charge in [0.15, 0.2) is 0 Å². The number of carbonyl (C=O) groups excluding carboxylic acids is 1. The van der Waals surface area contributed by atoms with Crippen LogP contribution in [0.4, 0.5) is 0 Å². The smallest absolute Gasteiger partial charge is 0.0491 e. The van der Waals surface area contributed by atoms with Crippen LogP contribution in [0.3, 0.4) is 0 Å². The Bertz CT molecular complexity index is 216. The maximum Gasteiger partial charge on any atom is 0.0491 e. The van der Waals surface area contributed by atoms with Crippen molar-refractivity contribution in [3.05, 3.63) is 12.2 Å². The van der Waals surface area contributed by atoms with Gasteiger partial charge in [-0.3, -0.25) is 0 Å². The molecule has 1 aliphatic rings. The van der Waals surface area contributed by atoms with Crippen LogP contribution in [0.1, 0.15) is 33.1 Å². The topological polar surface area (TPSA) is 40.1 Å². The highest BCUT2D eigenvalue weighted by molar-refractivity contribution is 5.72. The molecule has 0 N–H and O–H groups in total. The van der Waals surface area contributed by atoms with Gasteiger partial charge in [-0.05, 0) is 24.7 Å². The molecule has 0 radical (unpaired) electrons. The van der Waals surface area contributed by atoms with Gasteiger partial charge in [-0.1, -0.05) is 26.0 Å². The van der Waals surface area contributed by atoms with Crippen molar-refractivity contribution in [1.82, 2.24) is 0 Å². The van der Waals surface area contributed by atoms with Crippen molar-refractivity contribution in [3.8, 4) is 0 Å². The molecule has 12 heavy (non-hydrogen) atoms. The first-order valence-electron chi connectivity index (χ1n) is 4.33. The van der Waals surface area contributed by atoms with Gasteiger partial charge in [-0.25, -0.2) is 0 Å². The number of aliphatic carboxylic acids is 1. The van der Waals surface area contributed by atoms with E-state index in [1.807, 2.05) is 13.8 Å². The van der Waals surface area contributed by atoms with E-state index in [4.69, 9.17) is 0 Å². The zero-order chi connectivity index (χ0) is 9.35. The van der Waals surface area contributed by atoms with Gasteiger partial charge < -0.3 is 9.90 Å². The Hall–Kier alpha value is -0.790. The van der Waals surface area contributed by atoms with E-state index in [0.717, 1.165) is 24.8 Å². The minimum atomic E-state index is -0.968. The lowest BCUT2D eigenvalue weighted by atomic mass is 9.67. The zero-order valence-electron chi connectivity index (χ0n) is 7.72. The molecule has 1 fully saturated rings. The van der Waals surface area contributed by atoms with E-state index in [-0.39, 0.29) is 5.41 Å². The third-order valence-electron chi connectivity index (χ3n) is 2.74. The predicted octanol–water partition coefficient (Wildman–Crippen LogP) is 1.12. The Labute approximate surface area is 73.3 Å². The van der Waals surface area contributed by atoms with Crippen molar-refractivity contribution in [3.63, 3.8) is 0 Å². The van der Waals surface area contributed by atoms with Crippen molar-refractivity contribution in [2.75, 3.05) is 0 Å². The lowest BCUT2D eigenvalue weighted by molar-refractivity contribution is -0.313. The SMILES string of the molecule is C=C1CCCC(C)(C)C1C(=O)[O-]. The van der Waals surface area contributed by atoms with Crippen molar-refractivity contribution in [2.45, 2.75) is 33.1 Å². The predicted molar refractivity (Wildman–Crippen MR) is 45.3 cm³/mol. The summed E-state index contributed by atoms with van der Waals surface area (Å²) in [6, 6.07) is 0. The molecule has 0 aromatic heterocycles. The second-order valence-corrected chi connectivity index (χ2v) is 4.25. The number of carboxylic acid groups (broad SMARTS) is 1. The van der Waals surface area contributed by atoms with Crippen LogP contribution in [-0.4, -0.2) is 5.97 Å². The lowest BCUT2D eigenvalue weighted by Crippen LogP contribution is -2.43. The summed E-state index contributed by atoms with van der Waals surface area (Å²) in [5, 5.41) is 10.8. The van der Waals surface area contributed by atoms with Crippen molar-refractivity contribution >= 4 is 5.97 Å². The van der Waals surface area contributed by atoms with E-state index in [1.54, 1.807) is 0 Å². The van der Waals surface area contributed by atoms with Gasteiger partial charge in [0.25, 0.3) is 0 Å². The van der Waals surface area contributed by atoms with Crippen LogP contribution in [0, 0.1) is 11.3 Å². The molecule has 2 nitrogen and oxygen atoms in total. The third kappa shape index (κ3) is 1.52. The van der Waals surface area contributed by atoms with Gasteiger partial charge >= 0.3 is 0 Å². The van der Waals surface area contributed by atoms with E-state index >= 15 is 0 Å². The van der Waals surface area contributed by atoms with E-state index < -0.39 is 11.9 Å². The highest BCUT2D eigenvalue weighted by atomic mass is 16.4. The second kappa shape index (κ2) is 2.92. The third-order valence-corrected chi connectivity index (χ3v) is 2.74. The summed E-state index contributed by atoms with van der Waals surface area (Å²) >= 11 is 0. The molecule has 0 aromatic carbocycles. The summed E-state index contributed by atoms with van der Waals surface area (Å²) in [6.07, 6.45) is 2.84. The molecule has 0 spiro atoms. The molecule has 0 aliphatic heterocycles. The Morgan fingerprint density at radius 2 is 2.25 bits per heavy atom. The van der Waals surface area contributed by atoms with Gasteiger partial charge in [0.05, 0.1) is 0 Å². The Balaban J connectivity index is 2.88. The summed E-state index contributed by atoms with van der Waals surface area (Å²) < 4.78 is 0. The van der Waals surface area contributed by atoms with Crippen molar-refractivity contribution in [2.24, 2.45) is 11.3 Å². The fourth-order valence-electron chi connectivity index (χ4n) is 2.10. The van der Waals surface area contributed by atoms with E-state index in [0.29, 0.717) is 0 Å². The standard InChI is InChI=1S/C10H16O2/c1-7-5-4-6-10(2,3)8(7)9(11)12/h8H,1,4-6H2,2-3H3,(H,11,12)/p-1. The highest BCUT2D eigenvalue weighted by Gasteiger charge is 2.35. The lowest BCUT2D eigenvalue weighted by Gasteiger charge is -2.40. The quantitative estimate of drug-likeness (QED) is 0.549. The average molecular weight is 167 g/mol. The molecule has 0 amide bonds. The molecule has 0 aromatic rings. The molecule has 1 aliphatic carbocycles. The fraction of sp³-hybridized carbons (Fsp3) is 0.700. The molecule has 1 saturated carbocycles. The molecule has 1 atom stereocenters. The molecule has 1 unspecified atom stereocenters. The number of hydrogen-bond donors (Lipinski definition) is 0. The second-order valence-electron chi connectivity index (χ2n) is 4.25. The molecule has 0 heterocycles. The van der Waals surface area contributed by atoms with Gasteiger partial charge in [0, 0.05) is 11.9 Å². The van der Waals surface area contributed by atoms with E-state index in [1.165, 1.54) is 0 Å². The summed E-state index contributed by atoms with van der Waals surface area (Å²) in [4.78, 5) is 10.8. The molecule has 0 saturated heterocycles. The molecule has 1 rings (SSSR count). The average Bonchev–Trinajstić information content (AvgIpc) is 1.82. The normalized spacial score (nSPS) is 28.5. The monoisotopic (exact) mass is 167 g/mol. The maximum absolute atomic E-state index is 10.8. The van der Waals surface area contributed by atoms with Gasteiger partial charge in [-0.2, -0.15) is 0 Å². The molecule has 2 heteroatoms. The Morgan fingerprint density at radius 3 is 2.58 bits per heavy atom. The van der Waals surface area contributed by atoms with Gasteiger partial charge in [0.2, 0.25) is 0 Å². The maximum atomic E-state index is 10.8. The first kappa shape index (κ1) is 9.30. The number of hydrogen-bond acceptors (Lipinski definition) is 2. The first-order valence-corrected chi connectivity index (χ1v) is 4.33. The van der Waals surface area contributed by atoms with Crippen LogP contribution in [0.15, 0.2) is 12.2 Å².